The Bertz CT molecular complexity index is 1120. The van der Waals surface area contributed by atoms with E-state index in [0.717, 1.165) is 53.9 Å². The van der Waals surface area contributed by atoms with Crippen LogP contribution >= 0.6 is 11.3 Å². The average molecular weight is 414 g/mol. The maximum absolute atomic E-state index is 13.3. The highest BCUT2D eigenvalue weighted by molar-refractivity contribution is 7.19. The summed E-state index contributed by atoms with van der Waals surface area (Å²) in [4.78, 5) is 26.9. The standard InChI is InChI=1S/C21H27N5O2S/c1-5-13-8-6-7-9-25(13)20(27)17-23-18-16-14-10-21(3,4)28-11-15(14)29-19(16)22-12(2)26(18)24-17/h13H,5-11H2,1-4H3. The molecule has 0 spiro atoms. The van der Waals surface area contributed by atoms with Gasteiger partial charge < -0.3 is 9.64 Å². The molecule has 0 radical (unpaired) electrons. The molecule has 0 aliphatic carbocycles. The molecular weight excluding hydrogens is 386 g/mol. The molecule has 3 aromatic rings. The fraction of sp³-hybridized carbons (Fsp3) is 0.619. The minimum atomic E-state index is -0.219. The quantitative estimate of drug-likeness (QED) is 0.637. The predicted molar refractivity (Wildman–Crippen MR) is 112 cm³/mol. The minimum absolute atomic E-state index is 0.0550. The molecule has 3 aromatic heterocycles. The van der Waals surface area contributed by atoms with Crippen molar-refractivity contribution in [3.05, 3.63) is 22.1 Å². The molecule has 0 saturated carbocycles. The van der Waals surface area contributed by atoms with Gasteiger partial charge in [-0.1, -0.05) is 6.92 Å². The van der Waals surface area contributed by atoms with Crippen molar-refractivity contribution in [3.8, 4) is 0 Å². The second-order valence-electron chi connectivity index (χ2n) is 8.80. The SMILES string of the molecule is CCC1CCCCN1C(=O)c1nc2c3c4c(sc3nc(C)n2n1)COC(C)(C)C4. The maximum Gasteiger partial charge on any atom is 0.293 e. The van der Waals surface area contributed by atoms with E-state index >= 15 is 0 Å². The Balaban J connectivity index is 1.64. The molecule has 1 amide bonds. The van der Waals surface area contributed by atoms with Crippen LogP contribution in [0.25, 0.3) is 15.9 Å². The molecule has 8 heteroatoms. The lowest BCUT2D eigenvalue weighted by molar-refractivity contribution is -0.0379. The number of carbonyl (C=O) groups is 1. The molecule has 2 aliphatic heterocycles. The van der Waals surface area contributed by atoms with Gasteiger partial charge in [-0.2, -0.15) is 4.52 Å². The molecule has 1 unspecified atom stereocenters. The molecule has 7 nitrogen and oxygen atoms in total. The molecule has 2 aliphatic rings. The third-order valence-corrected chi connectivity index (χ3v) is 7.32. The summed E-state index contributed by atoms with van der Waals surface area (Å²) < 4.78 is 7.74. The largest absolute Gasteiger partial charge is 0.370 e. The van der Waals surface area contributed by atoms with Crippen molar-refractivity contribution >= 4 is 33.1 Å². The molecule has 1 saturated heterocycles. The summed E-state index contributed by atoms with van der Waals surface area (Å²) >= 11 is 1.67. The number of rotatable bonds is 2. The summed E-state index contributed by atoms with van der Waals surface area (Å²) in [5.41, 5.74) is 1.77. The van der Waals surface area contributed by atoms with Crippen molar-refractivity contribution < 1.29 is 9.53 Å². The summed E-state index contributed by atoms with van der Waals surface area (Å²) in [7, 11) is 0. The van der Waals surface area contributed by atoms with E-state index in [0.29, 0.717) is 6.61 Å². The molecule has 5 rings (SSSR count). The number of fused-ring (bicyclic) bond motifs is 5. The number of ether oxygens (including phenoxy) is 1. The molecule has 29 heavy (non-hydrogen) atoms. The second kappa shape index (κ2) is 6.74. The van der Waals surface area contributed by atoms with Gasteiger partial charge in [0.1, 0.15) is 10.7 Å². The third kappa shape index (κ3) is 3.04. The number of likely N-dealkylation sites (tertiary alicyclic amines) is 1. The fourth-order valence-corrected chi connectivity index (χ4v) is 5.80. The Labute approximate surface area is 174 Å². The number of thiophene rings is 1. The Morgan fingerprint density at radius 1 is 1.31 bits per heavy atom. The van der Waals surface area contributed by atoms with E-state index < -0.39 is 0 Å². The number of nitrogens with zero attached hydrogens (tertiary/aromatic N) is 5. The van der Waals surface area contributed by atoms with Gasteiger partial charge in [0.05, 0.1) is 17.6 Å². The first-order chi connectivity index (χ1) is 13.9. The van der Waals surface area contributed by atoms with E-state index in [1.54, 1.807) is 15.9 Å². The summed E-state index contributed by atoms with van der Waals surface area (Å²) in [5.74, 6) is 0.984. The summed E-state index contributed by atoms with van der Waals surface area (Å²) in [6, 6.07) is 0.286. The molecule has 1 atom stereocenters. The lowest BCUT2D eigenvalue weighted by Gasteiger charge is -2.34. The molecule has 1 fully saturated rings. The van der Waals surface area contributed by atoms with E-state index in [2.05, 4.69) is 25.9 Å². The maximum atomic E-state index is 13.3. The molecule has 0 aromatic carbocycles. The van der Waals surface area contributed by atoms with Crippen molar-refractivity contribution in [1.82, 2.24) is 24.5 Å². The zero-order valence-corrected chi connectivity index (χ0v) is 18.3. The fourth-order valence-electron chi connectivity index (χ4n) is 4.65. The summed E-state index contributed by atoms with van der Waals surface area (Å²) in [6.07, 6.45) is 5.07. The van der Waals surface area contributed by atoms with E-state index in [1.165, 1.54) is 16.9 Å². The van der Waals surface area contributed by atoms with Crippen LogP contribution in [0.4, 0.5) is 0 Å². The Morgan fingerprint density at radius 3 is 2.93 bits per heavy atom. The van der Waals surface area contributed by atoms with Crippen LogP contribution in [0.1, 0.15) is 73.3 Å². The minimum Gasteiger partial charge on any atom is -0.370 e. The van der Waals surface area contributed by atoms with Crippen molar-refractivity contribution in [2.75, 3.05) is 6.54 Å². The van der Waals surface area contributed by atoms with Gasteiger partial charge in [-0.15, -0.1) is 16.4 Å². The summed E-state index contributed by atoms with van der Waals surface area (Å²) in [5, 5.41) is 5.63. The highest BCUT2D eigenvalue weighted by Crippen LogP contribution is 2.39. The van der Waals surface area contributed by atoms with Crippen LogP contribution in [0.15, 0.2) is 0 Å². The number of hydrogen-bond donors (Lipinski definition) is 0. The Hall–Kier alpha value is -2.06. The number of amides is 1. The smallest absolute Gasteiger partial charge is 0.293 e. The van der Waals surface area contributed by atoms with E-state index in [4.69, 9.17) is 14.7 Å². The van der Waals surface area contributed by atoms with Crippen LogP contribution in [0.5, 0.6) is 0 Å². The second-order valence-corrected chi connectivity index (χ2v) is 9.88. The van der Waals surface area contributed by atoms with E-state index in [-0.39, 0.29) is 23.4 Å². The van der Waals surface area contributed by atoms with Crippen LogP contribution in [0, 0.1) is 6.92 Å². The highest BCUT2D eigenvalue weighted by Gasteiger charge is 2.33. The van der Waals surface area contributed by atoms with Gasteiger partial charge in [0.2, 0.25) is 5.82 Å². The topological polar surface area (TPSA) is 72.6 Å². The van der Waals surface area contributed by atoms with Gasteiger partial charge in [-0.3, -0.25) is 4.79 Å². The first-order valence-electron chi connectivity index (χ1n) is 10.5. The van der Waals surface area contributed by atoms with Crippen molar-refractivity contribution in [2.45, 2.75) is 78.0 Å². The van der Waals surface area contributed by atoms with Gasteiger partial charge in [0.25, 0.3) is 5.91 Å². The highest BCUT2D eigenvalue weighted by atomic mass is 32.1. The van der Waals surface area contributed by atoms with Crippen LogP contribution in [-0.2, 0) is 17.8 Å². The van der Waals surface area contributed by atoms with Crippen LogP contribution in [0.2, 0.25) is 0 Å². The first-order valence-corrected chi connectivity index (χ1v) is 11.3. The van der Waals surface area contributed by atoms with Crippen molar-refractivity contribution in [1.29, 1.82) is 0 Å². The van der Waals surface area contributed by atoms with E-state index in [9.17, 15) is 4.79 Å². The normalized spacial score (nSPS) is 21.7. The number of hydrogen-bond acceptors (Lipinski definition) is 6. The van der Waals surface area contributed by atoms with Gasteiger partial charge in [0, 0.05) is 23.9 Å². The van der Waals surface area contributed by atoms with Gasteiger partial charge in [-0.05, 0) is 52.0 Å². The molecule has 0 bridgehead atoms. The van der Waals surface area contributed by atoms with Gasteiger partial charge in [0.15, 0.2) is 5.65 Å². The number of piperidine rings is 1. The van der Waals surface area contributed by atoms with Gasteiger partial charge in [-0.25, -0.2) is 9.97 Å². The molecule has 154 valence electrons. The Kier molecular flexibility index (Phi) is 4.40. The average Bonchev–Trinajstić information content (AvgIpc) is 3.28. The lowest BCUT2D eigenvalue weighted by atomic mass is 9.94. The predicted octanol–water partition coefficient (Wildman–Crippen LogP) is 3.90. The molecule has 0 N–H and O–H groups in total. The monoisotopic (exact) mass is 413 g/mol. The Morgan fingerprint density at radius 2 is 2.14 bits per heavy atom. The zero-order chi connectivity index (χ0) is 20.3. The van der Waals surface area contributed by atoms with Crippen LogP contribution in [0.3, 0.4) is 0 Å². The van der Waals surface area contributed by atoms with Gasteiger partial charge >= 0.3 is 0 Å². The number of aryl methyl sites for hydroxylation is 1. The lowest BCUT2D eigenvalue weighted by Crippen LogP contribution is -2.43. The van der Waals surface area contributed by atoms with E-state index in [1.807, 2.05) is 11.8 Å². The molecule has 5 heterocycles. The van der Waals surface area contributed by atoms with Crippen LogP contribution in [-0.4, -0.2) is 48.6 Å². The number of aromatic nitrogens is 4. The number of carbonyl (C=O) groups excluding carboxylic acids is 1. The molecular formula is C21H27N5O2S. The first kappa shape index (κ1) is 18.9. The van der Waals surface area contributed by atoms with Crippen molar-refractivity contribution in [3.63, 3.8) is 0 Å². The summed E-state index contributed by atoms with van der Waals surface area (Å²) in [6.45, 7) is 9.67. The third-order valence-electron chi connectivity index (χ3n) is 6.22. The van der Waals surface area contributed by atoms with Crippen LogP contribution < -0.4 is 0 Å². The van der Waals surface area contributed by atoms with Crippen molar-refractivity contribution in [2.24, 2.45) is 0 Å². The zero-order valence-electron chi connectivity index (χ0n) is 17.5.